The number of hydrogen-bond acceptors (Lipinski definition) is 6. The smallest absolute Gasteiger partial charge is 0.307 e. The number of esters is 1. The van der Waals surface area contributed by atoms with Crippen molar-refractivity contribution in [3.05, 3.63) is 11.7 Å². The van der Waals surface area contributed by atoms with Crippen LogP contribution < -0.4 is 5.32 Å². The van der Waals surface area contributed by atoms with Gasteiger partial charge in [-0.1, -0.05) is 12.1 Å². The Hall–Kier alpha value is -1.92. The number of carbonyl (C=O) groups is 2. The predicted octanol–water partition coefficient (Wildman–Crippen LogP) is 1.02. The van der Waals surface area contributed by atoms with Gasteiger partial charge < -0.3 is 14.6 Å². The Kier molecular flexibility index (Phi) is 7.31. The van der Waals surface area contributed by atoms with Gasteiger partial charge in [-0.25, -0.2) is 0 Å². The van der Waals surface area contributed by atoms with Gasteiger partial charge in [-0.15, -0.1) is 0 Å². The highest BCUT2D eigenvalue weighted by Gasteiger charge is 2.09. The van der Waals surface area contributed by atoms with Crippen molar-refractivity contribution in [2.75, 3.05) is 13.2 Å². The van der Waals surface area contributed by atoms with Crippen LogP contribution in [-0.2, 0) is 27.2 Å². The fraction of sp³-hybridized carbons (Fsp3) is 0.692. The minimum absolute atomic E-state index is 0.149. The van der Waals surface area contributed by atoms with Crippen LogP contribution in [0.2, 0.25) is 0 Å². The maximum atomic E-state index is 11.5. The van der Waals surface area contributed by atoms with Crippen molar-refractivity contribution in [3.8, 4) is 0 Å². The molecule has 0 fully saturated rings. The van der Waals surface area contributed by atoms with Gasteiger partial charge in [0.2, 0.25) is 11.8 Å². The zero-order valence-electron chi connectivity index (χ0n) is 12.0. The number of nitrogens with zero attached hydrogens (tertiary/aromatic N) is 2. The van der Waals surface area contributed by atoms with E-state index in [1.807, 2.05) is 6.92 Å². The molecule has 0 aliphatic heterocycles. The van der Waals surface area contributed by atoms with Gasteiger partial charge in [-0.2, -0.15) is 4.98 Å². The fourth-order valence-corrected chi connectivity index (χ4v) is 1.56. The van der Waals surface area contributed by atoms with Crippen LogP contribution in [0.15, 0.2) is 4.52 Å². The molecule has 0 bridgehead atoms. The van der Waals surface area contributed by atoms with Crippen LogP contribution >= 0.6 is 0 Å². The molecule has 0 radical (unpaired) electrons. The zero-order chi connectivity index (χ0) is 14.8. The summed E-state index contributed by atoms with van der Waals surface area (Å²) in [5.41, 5.74) is 0. The summed E-state index contributed by atoms with van der Waals surface area (Å²) in [7, 11) is 0. The van der Waals surface area contributed by atoms with E-state index in [-0.39, 0.29) is 31.3 Å². The van der Waals surface area contributed by atoms with E-state index in [9.17, 15) is 9.59 Å². The van der Waals surface area contributed by atoms with Crippen molar-refractivity contribution in [1.29, 1.82) is 0 Å². The van der Waals surface area contributed by atoms with Crippen molar-refractivity contribution >= 4 is 11.9 Å². The third-order valence-corrected chi connectivity index (χ3v) is 2.51. The summed E-state index contributed by atoms with van der Waals surface area (Å²) in [5, 5.41) is 6.46. The highest BCUT2D eigenvalue weighted by molar-refractivity contribution is 5.77. The minimum Gasteiger partial charge on any atom is -0.466 e. The van der Waals surface area contributed by atoms with Crippen molar-refractivity contribution in [1.82, 2.24) is 15.5 Å². The summed E-state index contributed by atoms with van der Waals surface area (Å²) < 4.78 is 9.78. The molecule has 1 heterocycles. The molecule has 0 atom stereocenters. The van der Waals surface area contributed by atoms with Gasteiger partial charge in [-0.3, -0.25) is 9.59 Å². The summed E-state index contributed by atoms with van der Waals surface area (Å²) in [6.07, 6.45) is 2.57. The molecule has 1 N–H and O–H groups in total. The van der Waals surface area contributed by atoms with Gasteiger partial charge in [0, 0.05) is 25.8 Å². The van der Waals surface area contributed by atoms with E-state index in [2.05, 4.69) is 15.5 Å². The van der Waals surface area contributed by atoms with Crippen molar-refractivity contribution < 1.29 is 18.8 Å². The Bertz CT molecular complexity index is 431. The highest BCUT2D eigenvalue weighted by Crippen LogP contribution is 2.03. The molecule has 0 aliphatic rings. The first-order valence-electron chi connectivity index (χ1n) is 6.89. The van der Waals surface area contributed by atoms with Gasteiger partial charge in [0.1, 0.15) is 0 Å². The van der Waals surface area contributed by atoms with E-state index in [4.69, 9.17) is 9.26 Å². The molecule has 20 heavy (non-hydrogen) atoms. The second-order valence-corrected chi connectivity index (χ2v) is 4.26. The van der Waals surface area contributed by atoms with Crippen LogP contribution in [0.3, 0.4) is 0 Å². The summed E-state index contributed by atoms with van der Waals surface area (Å²) in [5.74, 6) is 0.678. The molecule has 112 valence electrons. The van der Waals surface area contributed by atoms with Gasteiger partial charge in [-0.05, 0) is 13.3 Å². The molecule has 7 nitrogen and oxygen atoms in total. The third kappa shape index (κ3) is 6.31. The number of carbonyl (C=O) groups excluding carboxylic acids is 2. The standard InChI is InChI=1S/C13H21N3O4/c1-3-5-10-15-12(20-16-10)7-6-11(17)14-9-8-13(18)19-4-2/h3-9H2,1-2H3,(H,14,17). The monoisotopic (exact) mass is 283 g/mol. The molecular formula is C13H21N3O4. The SMILES string of the molecule is CCCc1noc(CCC(=O)NCCC(=O)OCC)n1. The predicted molar refractivity (Wildman–Crippen MR) is 70.9 cm³/mol. The lowest BCUT2D eigenvalue weighted by molar-refractivity contribution is -0.143. The Balaban J connectivity index is 2.17. The molecule has 0 unspecified atom stereocenters. The van der Waals surface area contributed by atoms with E-state index in [0.717, 1.165) is 12.8 Å². The molecule has 1 rings (SSSR count). The average molecular weight is 283 g/mol. The Morgan fingerprint density at radius 3 is 2.75 bits per heavy atom. The molecular weight excluding hydrogens is 262 g/mol. The molecule has 0 saturated heterocycles. The van der Waals surface area contributed by atoms with Crippen molar-refractivity contribution in [2.45, 2.75) is 46.0 Å². The first-order chi connectivity index (χ1) is 9.65. The first kappa shape index (κ1) is 16.1. The van der Waals surface area contributed by atoms with Crippen LogP contribution in [0.5, 0.6) is 0 Å². The van der Waals surface area contributed by atoms with Crippen LogP contribution in [0.1, 0.15) is 44.8 Å². The van der Waals surface area contributed by atoms with Gasteiger partial charge in [0.05, 0.1) is 13.0 Å². The van der Waals surface area contributed by atoms with Gasteiger partial charge in [0.15, 0.2) is 5.82 Å². The highest BCUT2D eigenvalue weighted by atomic mass is 16.5. The molecule has 0 spiro atoms. The molecule has 0 aromatic carbocycles. The number of amides is 1. The number of ether oxygens (including phenoxy) is 1. The summed E-state index contributed by atoms with van der Waals surface area (Å²) in [4.78, 5) is 26.8. The molecule has 1 aromatic rings. The number of aromatic nitrogens is 2. The van der Waals surface area contributed by atoms with Crippen LogP contribution in [0.25, 0.3) is 0 Å². The van der Waals surface area contributed by atoms with Gasteiger partial charge >= 0.3 is 5.97 Å². The summed E-state index contributed by atoms with van der Waals surface area (Å²) in [6.45, 7) is 4.41. The van der Waals surface area contributed by atoms with Crippen molar-refractivity contribution in [2.24, 2.45) is 0 Å². The quantitative estimate of drug-likeness (QED) is 0.680. The number of aryl methyl sites for hydroxylation is 2. The molecule has 7 heteroatoms. The second-order valence-electron chi connectivity index (χ2n) is 4.26. The topological polar surface area (TPSA) is 94.3 Å². The van der Waals surface area contributed by atoms with Crippen LogP contribution in [0, 0.1) is 0 Å². The normalized spacial score (nSPS) is 10.3. The summed E-state index contributed by atoms with van der Waals surface area (Å²) >= 11 is 0. The van der Waals surface area contributed by atoms with Gasteiger partial charge in [0.25, 0.3) is 0 Å². The molecule has 0 aliphatic carbocycles. The zero-order valence-corrected chi connectivity index (χ0v) is 12.0. The van der Waals surface area contributed by atoms with Crippen molar-refractivity contribution in [3.63, 3.8) is 0 Å². The minimum atomic E-state index is -0.311. The number of rotatable bonds is 9. The van der Waals surface area contributed by atoms with Crippen LogP contribution in [0.4, 0.5) is 0 Å². The fourth-order valence-electron chi connectivity index (χ4n) is 1.56. The third-order valence-electron chi connectivity index (χ3n) is 2.51. The van der Waals surface area contributed by atoms with E-state index in [1.165, 1.54) is 0 Å². The lowest BCUT2D eigenvalue weighted by atomic mass is 10.3. The lowest BCUT2D eigenvalue weighted by Gasteiger charge is -2.03. The molecule has 1 amide bonds. The largest absolute Gasteiger partial charge is 0.466 e. The average Bonchev–Trinajstić information content (AvgIpc) is 2.85. The lowest BCUT2D eigenvalue weighted by Crippen LogP contribution is -2.26. The first-order valence-corrected chi connectivity index (χ1v) is 6.89. The Morgan fingerprint density at radius 1 is 1.25 bits per heavy atom. The molecule has 0 saturated carbocycles. The van der Waals surface area contributed by atoms with E-state index in [1.54, 1.807) is 6.92 Å². The number of hydrogen-bond donors (Lipinski definition) is 1. The Morgan fingerprint density at radius 2 is 2.05 bits per heavy atom. The second kappa shape index (κ2) is 9.06. The Labute approximate surface area is 118 Å². The summed E-state index contributed by atoms with van der Waals surface area (Å²) in [6, 6.07) is 0. The maximum absolute atomic E-state index is 11.5. The van der Waals surface area contributed by atoms with E-state index >= 15 is 0 Å². The molecule has 1 aromatic heterocycles. The van der Waals surface area contributed by atoms with E-state index in [0.29, 0.717) is 24.7 Å². The number of nitrogens with one attached hydrogen (secondary N) is 1. The maximum Gasteiger partial charge on any atom is 0.307 e. The van der Waals surface area contributed by atoms with E-state index < -0.39 is 0 Å². The van der Waals surface area contributed by atoms with Crippen LogP contribution in [-0.4, -0.2) is 35.2 Å².